The lowest BCUT2D eigenvalue weighted by molar-refractivity contribution is -0.118. The van der Waals surface area contributed by atoms with E-state index in [1.807, 2.05) is 0 Å². The Hall–Kier alpha value is -1.69. The largest absolute Gasteiger partial charge is 0.365 e. The lowest BCUT2D eigenvalue weighted by Gasteiger charge is -2.10. The predicted octanol–water partition coefficient (Wildman–Crippen LogP) is 0.863. The Morgan fingerprint density at radius 1 is 1.35 bits per heavy atom. The number of nitrogens with one attached hydrogen (secondary N) is 1. The van der Waals surface area contributed by atoms with Crippen molar-refractivity contribution in [2.75, 3.05) is 5.32 Å². The maximum absolute atomic E-state index is 11.4. The molecule has 2 rings (SSSR count). The Balaban J connectivity index is 2.49. The Kier molecular flexibility index (Phi) is 2.97. The van der Waals surface area contributed by atoms with Crippen LogP contribution in [0.3, 0.4) is 0 Å². The van der Waals surface area contributed by atoms with Gasteiger partial charge in [-0.2, -0.15) is 0 Å². The minimum absolute atomic E-state index is 0.157. The molecule has 0 fully saturated rings. The molecule has 3 N–H and O–H groups in total. The van der Waals surface area contributed by atoms with Crippen LogP contribution in [0.1, 0.15) is 34.1 Å². The van der Waals surface area contributed by atoms with Crippen LogP contribution >= 0.6 is 11.3 Å². The van der Waals surface area contributed by atoms with Crippen LogP contribution in [-0.2, 0) is 22.4 Å². The third-order valence-electron chi connectivity index (χ3n) is 2.64. The summed E-state index contributed by atoms with van der Waals surface area (Å²) in [6.07, 6.45) is 1.30. The van der Waals surface area contributed by atoms with Gasteiger partial charge in [0.25, 0.3) is 5.91 Å². The molecule has 6 heteroatoms. The smallest absolute Gasteiger partial charge is 0.251 e. The summed E-state index contributed by atoms with van der Waals surface area (Å²) in [5, 5.41) is 3.06. The highest BCUT2D eigenvalue weighted by molar-refractivity contribution is 7.17. The molecule has 0 bridgehead atoms. The Morgan fingerprint density at radius 3 is 2.65 bits per heavy atom. The van der Waals surface area contributed by atoms with Crippen LogP contribution < -0.4 is 11.1 Å². The number of rotatable bonds is 2. The van der Waals surface area contributed by atoms with Crippen LogP contribution in [0.4, 0.5) is 5.00 Å². The van der Waals surface area contributed by atoms with Gasteiger partial charge in [-0.1, -0.05) is 0 Å². The van der Waals surface area contributed by atoms with E-state index < -0.39 is 5.91 Å². The summed E-state index contributed by atoms with van der Waals surface area (Å²) >= 11 is 1.27. The molecular weight excluding hydrogens is 240 g/mol. The van der Waals surface area contributed by atoms with E-state index in [4.69, 9.17) is 5.73 Å². The summed E-state index contributed by atoms with van der Waals surface area (Å²) in [6, 6.07) is 0. The first kappa shape index (κ1) is 11.8. The maximum atomic E-state index is 11.4. The molecule has 0 atom stereocenters. The summed E-state index contributed by atoms with van der Waals surface area (Å²) < 4.78 is 0. The van der Waals surface area contributed by atoms with Crippen LogP contribution in [0.25, 0.3) is 0 Å². The topological polar surface area (TPSA) is 89.3 Å². The number of amides is 2. The quantitative estimate of drug-likeness (QED) is 0.818. The van der Waals surface area contributed by atoms with Crippen molar-refractivity contribution in [2.24, 2.45) is 5.73 Å². The van der Waals surface area contributed by atoms with E-state index in [0.717, 1.165) is 10.4 Å². The van der Waals surface area contributed by atoms with Gasteiger partial charge in [-0.05, 0) is 12.0 Å². The lowest BCUT2D eigenvalue weighted by Crippen LogP contribution is -2.19. The van der Waals surface area contributed by atoms with Crippen molar-refractivity contribution >= 4 is 33.9 Å². The molecule has 0 saturated carbocycles. The molecule has 0 spiro atoms. The van der Waals surface area contributed by atoms with Gasteiger partial charge >= 0.3 is 0 Å². The van der Waals surface area contributed by atoms with Crippen molar-refractivity contribution in [3.8, 4) is 0 Å². The zero-order valence-electron chi connectivity index (χ0n) is 9.33. The number of nitrogens with two attached hydrogens (primary N) is 1. The number of fused-ring (bicyclic) bond motifs is 1. The molecule has 0 aromatic carbocycles. The monoisotopic (exact) mass is 252 g/mol. The fourth-order valence-electron chi connectivity index (χ4n) is 1.96. The molecule has 1 aliphatic rings. The first-order valence-corrected chi connectivity index (χ1v) is 6.04. The third-order valence-corrected chi connectivity index (χ3v) is 3.79. The minimum Gasteiger partial charge on any atom is -0.365 e. The Bertz CT molecular complexity index is 519. The number of thiophene rings is 1. The van der Waals surface area contributed by atoms with Crippen LogP contribution in [0.5, 0.6) is 0 Å². The van der Waals surface area contributed by atoms with E-state index in [0.29, 0.717) is 29.8 Å². The van der Waals surface area contributed by atoms with Gasteiger partial charge in [0.15, 0.2) is 0 Å². The molecule has 90 valence electrons. The van der Waals surface area contributed by atoms with E-state index in [9.17, 15) is 14.4 Å². The molecule has 0 aliphatic heterocycles. The number of hydrogen-bond donors (Lipinski definition) is 2. The summed E-state index contributed by atoms with van der Waals surface area (Å²) in [5.74, 6) is -0.651. The third kappa shape index (κ3) is 2.21. The molecule has 5 nitrogen and oxygen atoms in total. The van der Waals surface area contributed by atoms with Crippen LogP contribution in [0.2, 0.25) is 0 Å². The summed E-state index contributed by atoms with van der Waals surface area (Å²) in [7, 11) is 0. The molecule has 1 aliphatic carbocycles. The fourth-order valence-corrected chi connectivity index (χ4v) is 3.29. The molecular formula is C11H12N2O3S. The fraction of sp³-hybridized carbons (Fsp3) is 0.364. The molecule has 1 aromatic rings. The highest BCUT2D eigenvalue weighted by Crippen LogP contribution is 2.36. The molecule has 0 radical (unpaired) electrons. The first-order chi connectivity index (χ1) is 7.99. The number of anilines is 1. The van der Waals surface area contributed by atoms with E-state index in [2.05, 4.69) is 5.32 Å². The molecule has 2 amide bonds. The van der Waals surface area contributed by atoms with Gasteiger partial charge in [-0.15, -0.1) is 11.3 Å². The average molecular weight is 252 g/mol. The van der Waals surface area contributed by atoms with Crippen molar-refractivity contribution in [2.45, 2.75) is 26.2 Å². The zero-order chi connectivity index (χ0) is 12.6. The van der Waals surface area contributed by atoms with Crippen molar-refractivity contribution < 1.29 is 14.4 Å². The van der Waals surface area contributed by atoms with Crippen LogP contribution in [0, 0.1) is 0 Å². The zero-order valence-corrected chi connectivity index (χ0v) is 10.1. The van der Waals surface area contributed by atoms with E-state index in [1.54, 1.807) is 0 Å². The van der Waals surface area contributed by atoms with Gasteiger partial charge in [0, 0.05) is 24.6 Å². The molecule has 17 heavy (non-hydrogen) atoms. The van der Waals surface area contributed by atoms with E-state index in [-0.39, 0.29) is 11.7 Å². The van der Waals surface area contributed by atoms with Crippen molar-refractivity contribution in [1.82, 2.24) is 0 Å². The number of ketones is 1. The number of carbonyl (C=O) groups excluding carboxylic acids is 3. The van der Waals surface area contributed by atoms with E-state index >= 15 is 0 Å². The summed E-state index contributed by atoms with van der Waals surface area (Å²) in [5.41, 5.74) is 6.52. The normalized spacial score (nSPS) is 14.3. The van der Waals surface area contributed by atoms with Crippen LogP contribution in [-0.4, -0.2) is 17.6 Å². The number of primary amides is 1. The van der Waals surface area contributed by atoms with E-state index in [1.165, 1.54) is 18.3 Å². The summed E-state index contributed by atoms with van der Waals surface area (Å²) in [6.45, 7) is 1.37. The Labute approximate surface area is 102 Å². The van der Waals surface area contributed by atoms with Gasteiger partial charge in [0.05, 0.1) is 5.56 Å². The Morgan fingerprint density at radius 2 is 2.06 bits per heavy atom. The second-order valence-electron chi connectivity index (χ2n) is 3.97. The molecule has 0 saturated heterocycles. The van der Waals surface area contributed by atoms with Gasteiger partial charge in [-0.25, -0.2) is 0 Å². The molecule has 0 unspecified atom stereocenters. The van der Waals surface area contributed by atoms with Crippen molar-refractivity contribution in [1.29, 1.82) is 0 Å². The number of hydrogen-bond acceptors (Lipinski definition) is 4. The predicted molar refractivity (Wildman–Crippen MR) is 64.2 cm³/mol. The minimum atomic E-state index is -0.555. The van der Waals surface area contributed by atoms with Crippen LogP contribution in [0.15, 0.2) is 0 Å². The van der Waals surface area contributed by atoms with Gasteiger partial charge in [0.2, 0.25) is 5.91 Å². The highest BCUT2D eigenvalue weighted by Gasteiger charge is 2.27. The summed E-state index contributed by atoms with van der Waals surface area (Å²) in [4.78, 5) is 34.6. The standard InChI is InChI=1S/C11H12N2O3S/c1-5(14)13-11-9(10(12)16)7-3-2-6(15)4-8(7)17-11/h2-4H2,1H3,(H2,12,16)(H,13,14). The number of Topliss-reactive ketones (excluding diaryl/α,β-unsaturated/α-hetero) is 1. The van der Waals surface area contributed by atoms with Crippen molar-refractivity contribution in [3.63, 3.8) is 0 Å². The molecule has 1 aromatic heterocycles. The van der Waals surface area contributed by atoms with Gasteiger partial charge in [0.1, 0.15) is 10.8 Å². The first-order valence-electron chi connectivity index (χ1n) is 5.22. The van der Waals surface area contributed by atoms with Gasteiger partial charge < -0.3 is 11.1 Å². The SMILES string of the molecule is CC(=O)Nc1sc2c(c1C(N)=O)CCC(=O)C2. The van der Waals surface area contributed by atoms with Gasteiger partial charge in [-0.3, -0.25) is 14.4 Å². The second-order valence-corrected chi connectivity index (χ2v) is 5.07. The average Bonchev–Trinajstić information content (AvgIpc) is 2.53. The highest BCUT2D eigenvalue weighted by atomic mass is 32.1. The second kappa shape index (κ2) is 4.29. The maximum Gasteiger partial charge on any atom is 0.251 e. The van der Waals surface area contributed by atoms with Crippen molar-refractivity contribution in [3.05, 3.63) is 16.0 Å². The number of carbonyl (C=O) groups is 3. The molecule has 1 heterocycles. The lowest BCUT2D eigenvalue weighted by atomic mass is 9.94.